The Labute approximate surface area is 163 Å². The summed E-state index contributed by atoms with van der Waals surface area (Å²) in [6, 6.07) is 11.3. The van der Waals surface area contributed by atoms with Crippen LogP contribution in [0.5, 0.6) is 5.75 Å². The van der Waals surface area contributed by atoms with Crippen LogP contribution in [0.1, 0.15) is 25.7 Å². The van der Waals surface area contributed by atoms with E-state index in [1.807, 2.05) is 24.3 Å². The van der Waals surface area contributed by atoms with E-state index in [1.165, 1.54) is 12.8 Å². The predicted molar refractivity (Wildman–Crippen MR) is 108 cm³/mol. The number of aromatic nitrogens is 4. The van der Waals surface area contributed by atoms with Gasteiger partial charge < -0.3 is 15.3 Å². The molecule has 4 heterocycles. The Balaban J connectivity index is 1.35. The summed E-state index contributed by atoms with van der Waals surface area (Å²) >= 11 is 0. The largest absolute Gasteiger partial charge is 0.507 e. The molecule has 0 spiro atoms. The van der Waals surface area contributed by atoms with Crippen molar-refractivity contribution in [3.05, 3.63) is 42.7 Å². The van der Waals surface area contributed by atoms with Crippen LogP contribution >= 0.6 is 0 Å². The maximum absolute atomic E-state index is 10.5. The standard InChI is InChI=1S/C21H24N6O/c1-27(17-9-15-3-4-16(10-17)24-15)21-7-6-19(25-26-21)18-5-2-13(8-20(18)28)14-11-22-23-12-14/h2,5-8,11-12,15-17,24,28H,3-4,9-10H2,1H3,(H,22,23)/t15-,16+,17+. The molecule has 3 atom stereocenters. The van der Waals surface area contributed by atoms with Crippen LogP contribution in [0.4, 0.5) is 5.82 Å². The van der Waals surface area contributed by atoms with Crippen LogP contribution in [0.15, 0.2) is 42.7 Å². The summed E-state index contributed by atoms with van der Waals surface area (Å²) in [7, 11) is 2.11. The van der Waals surface area contributed by atoms with Crippen molar-refractivity contribution in [2.24, 2.45) is 0 Å². The highest BCUT2D eigenvalue weighted by atomic mass is 16.3. The number of hydrogen-bond acceptors (Lipinski definition) is 6. The van der Waals surface area contributed by atoms with E-state index in [9.17, 15) is 5.11 Å². The second kappa shape index (κ2) is 6.91. The van der Waals surface area contributed by atoms with Gasteiger partial charge in [0.05, 0.1) is 11.9 Å². The molecule has 0 saturated carbocycles. The third-order valence-corrected chi connectivity index (χ3v) is 6.11. The average molecular weight is 376 g/mol. The molecule has 5 rings (SSSR count). The minimum Gasteiger partial charge on any atom is -0.507 e. The monoisotopic (exact) mass is 376 g/mol. The number of H-pyrrole nitrogens is 1. The Morgan fingerprint density at radius 2 is 1.86 bits per heavy atom. The van der Waals surface area contributed by atoms with Gasteiger partial charge in [-0.25, -0.2) is 0 Å². The van der Waals surface area contributed by atoms with E-state index in [4.69, 9.17) is 0 Å². The highest BCUT2D eigenvalue weighted by molar-refractivity contribution is 5.73. The van der Waals surface area contributed by atoms with Crippen LogP contribution in [0.2, 0.25) is 0 Å². The summed E-state index contributed by atoms with van der Waals surface area (Å²) in [6.07, 6.45) is 8.42. The van der Waals surface area contributed by atoms with Gasteiger partial charge in [-0.05, 0) is 55.5 Å². The number of piperidine rings is 1. The van der Waals surface area contributed by atoms with Gasteiger partial charge in [0, 0.05) is 42.5 Å². The normalized spacial score (nSPS) is 23.7. The van der Waals surface area contributed by atoms with Crippen LogP contribution in [-0.4, -0.2) is 50.7 Å². The number of nitrogens with one attached hydrogen (secondary N) is 2. The second-order valence-electron chi connectivity index (χ2n) is 7.87. The fourth-order valence-electron chi connectivity index (χ4n) is 4.52. The Morgan fingerprint density at radius 3 is 2.50 bits per heavy atom. The van der Waals surface area contributed by atoms with E-state index >= 15 is 0 Å². The Bertz CT molecular complexity index is 944. The molecule has 3 N–H and O–H groups in total. The molecular weight excluding hydrogens is 352 g/mol. The molecular formula is C21H24N6O. The van der Waals surface area contributed by atoms with Crippen LogP contribution in [0.25, 0.3) is 22.4 Å². The number of rotatable bonds is 4. The summed E-state index contributed by atoms with van der Waals surface area (Å²) in [5.74, 6) is 1.06. The fourth-order valence-corrected chi connectivity index (χ4v) is 4.52. The number of fused-ring (bicyclic) bond motifs is 2. The minimum atomic E-state index is 0.184. The lowest BCUT2D eigenvalue weighted by Gasteiger charge is -2.36. The van der Waals surface area contributed by atoms with E-state index in [1.54, 1.807) is 18.5 Å². The molecule has 2 aliphatic rings. The molecule has 7 nitrogen and oxygen atoms in total. The zero-order valence-electron chi connectivity index (χ0n) is 15.8. The van der Waals surface area contributed by atoms with Gasteiger partial charge in [-0.15, -0.1) is 10.2 Å². The maximum Gasteiger partial charge on any atom is 0.151 e. The Morgan fingerprint density at radius 1 is 1.04 bits per heavy atom. The summed E-state index contributed by atoms with van der Waals surface area (Å²) in [5, 5.41) is 29.7. The number of phenolic OH excluding ortho intramolecular Hbond substituents is 1. The molecule has 144 valence electrons. The first-order valence-corrected chi connectivity index (χ1v) is 9.82. The SMILES string of the molecule is CN(c1ccc(-c2ccc(-c3cn[nH]c3)cc2O)nn1)[C@H]1C[C@H]2CC[C@@H](C1)N2. The molecule has 2 aliphatic heterocycles. The summed E-state index contributed by atoms with van der Waals surface area (Å²) in [5.41, 5.74) is 3.17. The van der Waals surface area contributed by atoms with Crippen molar-refractivity contribution in [3.8, 4) is 28.1 Å². The molecule has 2 saturated heterocycles. The molecule has 0 unspecified atom stereocenters. The summed E-state index contributed by atoms with van der Waals surface area (Å²) in [6.45, 7) is 0. The van der Waals surface area contributed by atoms with E-state index in [2.05, 4.69) is 37.7 Å². The van der Waals surface area contributed by atoms with Gasteiger partial charge in [0.15, 0.2) is 5.82 Å². The predicted octanol–water partition coefficient (Wildman–Crippen LogP) is 2.96. The first-order chi connectivity index (χ1) is 13.7. The number of anilines is 1. The molecule has 3 aromatic rings. The molecule has 0 amide bonds. The first kappa shape index (κ1) is 17.2. The third-order valence-electron chi connectivity index (χ3n) is 6.11. The van der Waals surface area contributed by atoms with E-state index in [0.717, 1.165) is 29.8 Å². The van der Waals surface area contributed by atoms with Crippen molar-refractivity contribution >= 4 is 5.82 Å². The van der Waals surface area contributed by atoms with Crippen molar-refractivity contribution in [2.45, 2.75) is 43.8 Å². The van der Waals surface area contributed by atoms with Gasteiger partial charge in [-0.3, -0.25) is 5.10 Å². The molecule has 2 fully saturated rings. The van der Waals surface area contributed by atoms with Gasteiger partial charge >= 0.3 is 0 Å². The first-order valence-electron chi connectivity index (χ1n) is 9.82. The molecule has 2 aromatic heterocycles. The average Bonchev–Trinajstić information content (AvgIpc) is 3.37. The lowest BCUT2D eigenvalue weighted by atomic mass is 9.98. The number of aromatic hydroxyl groups is 1. The highest BCUT2D eigenvalue weighted by Gasteiger charge is 2.35. The number of nitrogens with zero attached hydrogens (tertiary/aromatic N) is 4. The van der Waals surface area contributed by atoms with Crippen molar-refractivity contribution in [1.29, 1.82) is 0 Å². The van der Waals surface area contributed by atoms with E-state index < -0.39 is 0 Å². The van der Waals surface area contributed by atoms with Gasteiger partial charge in [-0.1, -0.05) is 6.07 Å². The van der Waals surface area contributed by atoms with Crippen LogP contribution < -0.4 is 10.2 Å². The van der Waals surface area contributed by atoms with Crippen LogP contribution in [0.3, 0.4) is 0 Å². The van der Waals surface area contributed by atoms with Gasteiger partial charge in [0.25, 0.3) is 0 Å². The Hall–Kier alpha value is -2.93. The molecule has 0 radical (unpaired) electrons. The second-order valence-corrected chi connectivity index (χ2v) is 7.87. The fraction of sp³-hybridized carbons (Fsp3) is 0.381. The van der Waals surface area contributed by atoms with Gasteiger partial charge in [-0.2, -0.15) is 5.10 Å². The lowest BCUT2D eigenvalue weighted by Crippen LogP contribution is -2.47. The molecule has 1 aromatic carbocycles. The van der Waals surface area contributed by atoms with Crippen LogP contribution in [-0.2, 0) is 0 Å². The molecule has 2 bridgehead atoms. The summed E-state index contributed by atoms with van der Waals surface area (Å²) < 4.78 is 0. The molecule has 28 heavy (non-hydrogen) atoms. The topological polar surface area (TPSA) is 90.0 Å². The number of benzene rings is 1. The van der Waals surface area contributed by atoms with Crippen molar-refractivity contribution in [1.82, 2.24) is 25.7 Å². The van der Waals surface area contributed by atoms with E-state index in [-0.39, 0.29) is 5.75 Å². The van der Waals surface area contributed by atoms with Gasteiger partial charge in [0.1, 0.15) is 5.75 Å². The quantitative estimate of drug-likeness (QED) is 0.649. The van der Waals surface area contributed by atoms with E-state index in [0.29, 0.717) is 29.4 Å². The summed E-state index contributed by atoms with van der Waals surface area (Å²) in [4.78, 5) is 2.25. The van der Waals surface area contributed by atoms with Crippen molar-refractivity contribution < 1.29 is 5.11 Å². The van der Waals surface area contributed by atoms with Crippen molar-refractivity contribution in [2.75, 3.05) is 11.9 Å². The zero-order valence-corrected chi connectivity index (χ0v) is 15.8. The lowest BCUT2D eigenvalue weighted by molar-refractivity contribution is 0.353. The minimum absolute atomic E-state index is 0.184. The number of phenols is 1. The highest BCUT2D eigenvalue weighted by Crippen LogP contribution is 2.33. The maximum atomic E-state index is 10.5. The Kier molecular flexibility index (Phi) is 4.24. The molecule has 7 heteroatoms. The van der Waals surface area contributed by atoms with Crippen LogP contribution in [0, 0.1) is 0 Å². The third kappa shape index (κ3) is 3.11. The number of hydrogen-bond donors (Lipinski definition) is 3. The molecule has 0 aliphatic carbocycles. The number of aromatic amines is 1. The smallest absolute Gasteiger partial charge is 0.151 e. The van der Waals surface area contributed by atoms with Gasteiger partial charge in [0.2, 0.25) is 0 Å². The zero-order chi connectivity index (χ0) is 19.1. The van der Waals surface area contributed by atoms with Crippen molar-refractivity contribution in [3.63, 3.8) is 0 Å².